The predicted octanol–water partition coefficient (Wildman–Crippen LogP) is 5.62. The molecule has 0 bridgehead atoms. The van der Waals surface area contributed by atoms with E-state index in [1.54, 1.807) is 12.1 Å². The lowest BCUT2D eigenvalue weighted by molar-refractivity contribution is -0.116. The SMILES string of the molecule is Cc1ccn(C2CCN(N3CCC(F)(F)/C(=C\C(=O)NCc4cccs4)c4ccccc43)C(Cl)C2)n1. The maximum Gasteiger partial charge on any atom is 0.275 e. The number of nitrogens with one attached hydrogen (secondary N) is 1. The molecule has 2 unspecified atom stereocenters. The van der Waals surface area contributed by atoms with Gasteiger partial charge in [-0.25, -0.2) is 13.8 Å². The lowest BCUT2D eigenvalue weighted by Crippen LogP contribution is -2.52. The molecule has 36 heavy (non-hydrogen) atoms. The van der Waals surface area contributed by atoms with E-state index in [1.165, 1.54) is 11.3 Å². The van der Waals surface area contributed by atoms with Gasteiger partial charge in [0.1, 0.15) is 5.50 Å². The number of halogens is 3. The standard InChI is InChI=1S/C26H28ClF2N5OS/c1-18-8-11-32(31-18)19-9-12-34(24(27)15-19)33-13-10-26(28,29)22(21-6-2-3-7-23(21)33)16-25(35)30-17-20-5-4-14-36-20/h2-8,11,14,16,19,24H,9-10,12-13,15,17H2,1H3,(H,30,35)/b22-16-. The zero-order valence-electron chi connectivity index (χ0n) is 19.9. The number of anilines is 1. The molecule has 0 spiro atoms. The van der Waals surface area contributed by atoms with Gasteiger partial charge >= 0.3 is 0 Å². The zero-order valence-corrected chi connectivity index (χ0v) is 21.5. The van der Waals surface area contributed by atoms with E-state index in [-0.39, 0.29) is 23.7 Å². The lowest BCUT2D eigenvalue weighted by atomic mass is 9.97. The zero-order chi connectivity index (χ0) is 25.3. The van der Waals surface area contributed by atoms with Crippen LogP contribution in [0, 0.1) is 6.92 Å². The Hall–Kier alpha value is -2.75. The topological polar surface area (TPSA) is 53.4 Å². The molecule has 2 atom stereocenters. The van der Waals surface area contributed by atoms with Crippen LogP contribution < -0.4 is 10.3 Å². The van der Waals surface area contributed by atoms with Crippen molar-refractivity contribution in [1.29, 1.82) is 0 Å². The first-order chi connectivity index (χ1) is 17.3. The number of para-hydroxylation sites is 1. The van der Waals surface area contributed by atoms with Crippen molar-refractivity contribution >= 4 is 40.1 Å². The molecule has 1 aromatic carbocycles. The highest BCUT2D eigenvalue weighted by molar-refractivity contribution is 7.09. The number of nitrogens with zero attached hydrogens (tertiary/aromatic N) is 4. The van der Waals surface area contributed by atoms with E-state index in [0.29, 0.717) is 30.8 Å². The van der Waals surface area contributed by atoms with Gasteiger partial charge in [-0.3, -0.25) is 9.48 Å². The van der Waals surface area contributed by atoms with Crippen molar-refractivity contribution in [3.63, 3.8) is 0 Å². The summed E-state index contributed by atoms with van der Waals surface area (Å²) in [5, 5.41) is 13.0. The number of piperidine rings is 1. The fourth-order valence-electron chi connectivity index (χ4n) is 4.88. The van der Waals surface area contributed by atoms with Gasteiger partial charge in [-0.15, -0.1) is 22.9 Å². The Morgan fingerprint density at radius 3 is 2.81 bits per heavy atom. The number of alkyl halides is 3. The van der Waals surface area contributed by atoms with Crippen LogP contribution in [-0.2, 0) is 11.3 Å². The quantitative estimate of drug-likeness (QED) is 0.264. The molecule has 190 valence electrons. The molecule has 1 fully saturated rings. The lowest BCUT2D eigenvalue weighted by Gasteiger charge is -2.44. The van der Waals surface area contributed by atoms with Crippen molar-refractivity contribution in [2.24, 2.45) is 0 Å². The fourth-order valence-corrected chi connectivity index (χ4v) is 5.93. The highest BCUT2D eigenvalue weighted by atomic mass is 35.5. The number of rotatable bonds is 5. The number of carbonyl (C=O) groups excluding carboxylic acids is 1. The molecule has 5 rings (SSSR count). The summed E-state index contributed by atoms with van der Waals surface area (Å²) in [5.41, 5.74) is 1.28. The first-order valence-electron chi connectivity index (χ1n) is 12.0. The molecule has 1 amide bonds. The number of amides is 1. The van der Waals surface area contributed by atoms with Gasteiger partial charge in [0, 0.05) is 54.2 Å². The van der Waals surface area contributed by atoms with Gasteiger partial charge in [0.05, 0.1) is 24.0 Å². The van der Waals surface area contributed by atoms with Crippen LogP contribution in [0.4, 0.5) is 14.5 Å². The summed E-state index contributed by atoms with van der Waals surface area (Å²) in [5.74, 6) is -3.70. The first-order valence-corrected chi connectivity index (χ1v) is 13.3. The molecule has 0 aliphatic carbocycles. The number of hydrogen-bond acceptors (Lipinski definition) is 5. The summed E-state index contributed by atoms with van der Waals surface area (Å²) in [6.45, 7) is 2.95. The average molecular weight is 532 g/mol. The number of fused-ring (bicyclic) bond motifs is 1. The van der Waals surface area contributed by atoms with Crippen LogP contribution in [-0.4, -0.2) is 45.2 Å². The van der Waals surface area contributed by atoms with E-state index in [9.17, 15) is 4.79 Å². The minimum Gasteiger partial charge on any atom is -0.348 e. The van der Waals surface area contributed by atoms with Gasteiger partial charge in [-0.05, 0) is 36.9 Å². The number of thiophene rings is 1. The number of aromatic nitrogens is 2. The number of aryl methyl sites for hydroxylation is 1. The molecule has 10 heteroatoms. The Morgan fingerprint density at radius 2 is 2.08 bits per heavy atom. The molecule has 1 N–H and O–H groups in total. The van der Waals surface area contributed by atoms with Gasteiger partial charge in [0.15, 0.2) is 0 Å². The van der Waals surface area contributed by atoms with Crippen molar-refractivity contribution in [3.05, 3.63) is 76.3 Å². The molecular formula is C26H28ClF2N5OS. The van der Waals surface area contributed by atoms with Crippen LogP contribution in [0.25, 0.3) is 5.57 Å². The highest BCUT2D eigenvalue weighted by Crippen LogP contribution is 2.44. The van der Waals surface area contributed by atoms with E-state index in [1.807, 2.05) is 63.5 Å². The van der Waals surface area contributed by atoms with E-state index < -0.39 is 18.3 Å². The minimum absolute atomic E-state index is 0.0902. The third-order valence-electron chi connectivity index (χ3n) is 6.70. The Balaban J connectivity index is 1.40. The van der Waals surface area contributed by atoms with Gasteiger partial charge in [-0.1, -0.05) is 24.3 Å². The number of hydrazine groups is 1. The van der Waals surface area contributed by atoms with Crippen molar-refractivity contribution in [1.82, 2.24) is 20.1 Å². The van der Waals surface area contributed by atoms with Crippen molar-refractivity contribution in [2.45, 2.75) is 50.2 Å². The summed E-state index contributed by atoms with van der Waals surface area (Å²) >= 11 is 8.35. The maximum absolute atomic E-state index is 15.5. The van der Waals surface area contributed by atoms with Crippen molar-refractivity contribution < 1.29 is 13.6 Å². The van der Waals surface area contributed by atoms with E-state index in [2.05, 4.69) is 10.4 Å². The van der Waals surface area contributed by atoms with E-state index in [0.717, 1.165) is 23.1 Å². The minimum atomic E-state index is -3.17. The maximum atomic E-state index is 15.5. The second-order valence-corrected chi connectivity index (χ2v) is 10.7. The molecule has 3 aromatic rings. The van der Waals surface area contributed by atoms with Crippen molar-refractivity contribution in [3.8, 4) is 0 Å². The van der Waals surface area contributed by atoms with Crippen molar-refractivity contribution in [2.75, 3.05) is 18.1 Å². The van der Waals surface area contributed by atoms with Crippen LogP contribution in [0.15, 0.2) is 60.1 Å². The number of hydrogen-bond donors (Lipinski definition) is 1. The smallest absolute Gasteiger partial charge is 0.275 e. The molecule has 6 nitrogen and oxygen atoms in total. The Bertz CT molecular complexity index is 1240. The summed E-state index contributed by atoms with van der Waals surface area (Å²) in [7, 11) is 0. The molecule has 4 heterocycles. The van der Waals surface area contributed by atoms with Gasteiger partial charge < -0.3 is 10.3 Å². The van der Waals surface area contributed by atoms with E-state index in [4.69, 9.17) is 11.6 Å². The third kappa shape index (κ3) is 5.19. The fraction of sp³-hybridized carbons (Fsp3) is 0.385. The first kappa shape index (κ1) is 24.9. The number of allylic oxidation sites excluding steroid dienone is 1. The normalized spacial score (nSPS) is 23.3. The second-order valence-electron chi connectivity index (χ2n) is 9.16. The van der Waals surface area contributed by atoms with Gasteiger partial charge in [0.2, 0.25) is 5.91 Å². The molecule has 2 aliphatic heterocycles. The van der Waals surface area contributed by atoms with Crippen LogP contribution in [0.1, 0.15) is 41.4 Å². The van der Waals surface area contributed by atoms with Gasteiger partial charge in [0.25, 0.3) is 5.92 Å². The molecule has 0 saturated carbocycles. The Kier molecular flexibility index (Phi) is 7.14. The molecule has 2 aromatic heterocycles. The number of carbonyl (C=O) groups is 1. The van der Waals surface area contributed by atoms with Crippen LogP contribution in [0.2, 0.25) is 0 Å². The Labute approximate surface area is 218 Å². The van der Waals surface area contributed by atoms with Crippen LogP contribution in [0.3, 0.4) is 0 Å². The second kappa shape index (κ2) is 10.3. The summed E-state index contributed by atoms with van der Waals surface area (Å²) in [6, 6.07) is 12.9. The predicted molar refractivity (Wildman–Crippen MR) is 139 cm³/mol. The summed E-state index contributed by atoms with van der Waals surface area (Å²) in [6.07, 6.45) is 4.04. The Morgan fingerprint density at radius 1 is 1.25 bits per heavy atom. The number of benzene rings is 1. The molecule has 1 saturated heterocycles. The van der Waals surface area contributed by atoms with Crippen LogP contribution >= 0.6 is 22.9 Å². The average Bonchev–Trinajstić information content (AvgIpc) is 3.52. The highest BCUT2D eigenvalue weighted by Gasteiger charge is 2.42. The van der Waals surface area contributed by atoms with Gasteiger partial charge in [-0.2, -0.15) is 5.10 Å². The molecule has 2 aliphatic rings. The van der Waals surface area contributed by atoms with E-state index >= 15 is 8.78 Å². The largest absolute Gasteiger partial charge is 0.348 e. The molecular weight excluding hydrogens is 504 g/mol. The monoisotopic (exact) mass is 531 g/mol. The molecule has 0 radical (unpaired) electrons. The summed E-state index contributed by atoms with van der Waals surface area (Å²) < 4.78 is 32.9. The van der Waals surface area contributed by atoms with Crippen LogP contribution in [0.5, 0.6) is 0 Å². The third-order valence-corrected chi connectivity index (χ3v) is 7.98. The summed E-state index contributed by atoms with van der Waals surface area (Å²) in [4.78, 5) is 13.6.